The lowest BCUT2D eigenvalue weighted by molar-refractivity contribution is -0.123. The van der Waals surface area contributed by atoms with Crippen LogP contribution in [0.2, 0.25) is 0 Å². The van der Waals surface area contributed by atoms with Crippen molar-refractivity contribution in [3.63, 3.8) is 0 Å². The summed E-state index contributed by atoms with van der Waals surface area (Å²) in [7, 11) is 0. The summed E-state index contributed by atoms with van der Waals surface area (Å²) in [5.74, 6) is 0.590. The SMILES string of the molecule is O=C(CCl)NN(CCCl)CCCl. The zero-order valence-corrected chi connectivity index (χ0v) is 8.79. The van der Waals surface area contributed by atoms with E-state index in [0.29, 0.717) is 24.8 Å². The molecule has 0 heterocycles. The van der Waals surface area contributed by atoms with Gasteiger partial charge in [-0.3, -0.25) is 10.2 Å². The van der Waals surface area contributed by atoms with Crippen molar-refractivity contribution in [3.05, 3.63) is 0 Å². The normalized spacial score (nSPS) is 10.3. The topological polar surface area (TPSA) is 32.3 Å². The molecule has 0 atom stereocenters. The monoisotopic (exact) mass is 232 g/mol. The molecule has 12 heavy (non-hydrogen) atoms. The summed E-state index contributed by atoms with van der Waals surface area (Å²) in [5, 5.41) is 1.64. The van der Waals surface area contributed by atoms with Gasteiger partial charge in [0, 0.05) is 24.8 Å². The summed E-state index contributed by atoms with van der Waals surface area (Å²) < 4.78 is 0. The van der Waals surface area contributed by atoms with Crippen LogP contribution in [-0.2, 0) is 4.79 Å². The minimum atomic E-state index is -0.244. The molecule has 1 N–H and O–H groups in total. The molecule has 0 aliphatic rings. The number of hydrogen-bond acceptors (Lipinski definition) is 2. The number of carbonyl (C=O) groups is 1. The molecule has 0 saturated carbocycles. The highest BCUT2D eigenvalue weighted by Gasteiger charge is 2.05. The second-order valence-electron chi connectivity index (χ2n) is 2.03. The molecule has 0 fully saturated rings. The average Bonchev–Trinajstić information content (AvgIpc) is 2.05. The second kappa shape index (κ2) is 7.92. The number of hydrazine groups is 1. The van der Waals surface area contributed by atoms with E-state index in [-0.39, 0.29) is 11.8 Å². The summed E-state index contributed by atoms with van der Waals surface area (Å²) in [6.45, 7) is 1.13. The van der Waals surface area contributed by atoms with Gasteiger partial charge >= 0.3 is 0 Å². The molecule has 0 saturated heterocycles. The Hall–Kier alpha value is 0.300. The molecule has 72 valence electrons. The lowest BCUT2D eigenvalue weighted by Gasteiger charge is -2.20. The van der Waals surface area contributed by atoms with Gasteiger partial charge in [-0.05, 0) is 0 Å². The van der Waals surface area contributed by atoms with Crippen LogP contribution in [0.5, 0.6) is 0 Å². The molecule has 0 aromatic carbocycles. The number of hydrogen-bond donors (Lipinski definition) is 1. The fourth-order valence-electron chi connectivity index (χ4n) is 0.634. The van der Waals surface area contributed by atoms with E-state index in [0.717, 1.165) is 0 Å². The Labute approximate surface area is 86.9 Å². The Kier molecular flexibility index (Phi) is 8.12. The number of halogens is 3. The van der Waals surface area contributed by atoms with Gasteiger partial charge in [-0.25, -0.2) is 5.01 Å². The highest BCUT2D eigenvalue weighted by Crippen LogP contribution is 1.88. The lowest BCUT2D eigenvalue weighted by atomic mass is 10.6. The van der Waals surface area contributed by atoms with Crippen LogP contribution >= 0.6 is 34.8 Å². The van der Waals surface area contributed by atoms with Gasteiger partial charge in [0.2, 0.25) is 5.91 Å². The van der Waals surface area contributed by atoms with Crippen molar-refractivity contribution in [2.45, 2.75) is 0 Å². The summed E-state index contributed by atoms with van der Waals surface area (Å²) in [6, 6.07) is 0. The quantitative estimate of drug-likeness (QED) is 0.549. The van der Waals surface area contributed by atoms with E-state index in [2.05, 4.69) is 5.43 Å². The molecular formula is C6H11Cl3N2O. The van der Waals surface area contributed by atoms with Gasteiger partial charge in [-0.15, -0.1) is 34.8 Å². The van der Waals surface area contributed by atoms with Gasteiger partial charge in [-0.1, -0.05) is 0 Å². The van der Waals surface area contributed by atoms with Crippen molar-refractivity contribution in [1.82, 2.24) is 10.4 Å². The predicted octanol–water partition coefficient (Wildman–Crippen LogP) is 1.04. The zero-order chi connectivity index (χ0) is 9.40. The van der Waals surface area contributed by atoms with Gasteiger partial charge < -0.3 is 0 Å². The number of alkyl halides is 3. The van der Waals surface area contributed by atoms with Gasteiger partial charge in [0.15, 0.2) is 0 Å². The van der Waals surface area contributed by atoms with Crippen LogP contribution < -0.4 is 5.43 Å². The van der Waals surface area contributed by atoms with Crippen LogP contribution in [0, 0.1) is 0 Å². The van der Waals surface area contributed by atoms with Crippen molar-refractivity contribution in [2.75, 3.05) is 30.7 Å². The lowest BCUT2D eigenvalue weighted by Crippen LogP contribution is -2.44. The fraction of sp³-hybridized carbons (Fsp3) is 0.833. The maximum atomic E-state index is 10.8. The molecule has 0 rings (SSSR count). The van der Waals surface area contributed by atoms with Crippen LogP contribution in [0.4, 0.5) is 0 Å². The Morgan fingerprint density at radius 3 is 2.00 bits per heavy atom. The molecule has 0 aliphatic carbocycles. The van der Waals surface area contributed by atoms with E-state index >= 15 is 0 Å². The van der Waals surface area contributed by atoms with E-state index in [9.17, 15) is 4.79 Å². The smallest absolute Gasteiger partial charge is 0.249 e. The highest BCUT2D eigenvalue weighted by molar-refractivity contribution is 6.27. The maximum absolute atomic E-state index is 10.8. The average molecular weight is 234 g/mol. The van der Waals surface area contributed by atoms with Gasteiger partial charge in [-0.2, -0.15) is 0 Å². The van der Waals surface area contributed by atoms with Crippen molar-refractivity contribution in [1.29, 1.82) is 0 Å². The standard InChI is InChI=1S/C6H11Cl3N2O/c7-1-3-11(4-2-8)10-6(12)5-9/h1-5H2,(H,10,12). The third-order valence-electron chi connectivity index (χ3n) is 1.11. The Morgan fingerprint density at radius 1 is 1.17 bits per heavy atom. The molecule has 0 aromatic rings. The van der Waals surface area contributed by atoms with E-state index in [1.54, 1.807) is 5.01 Å². The Morgan fingerprint density at radius 2 is 1.67 bits per heavy atom. The van der Waals surface area contributed by atoms with Crippen LogP contribution in [-0.4, -0.2) is 41.6 Å². The number of amides is 1. The largest absolute Gasteiger partial charge is 0.288 e. The van der Waals surface area contributed by atoms with E-state index < -0.39 is 0 Å². The summed E-state index contributed by atoms with van der Waals surface area (Å²) in [6.07, 6.45) is 0. The fourth-order valence-corrected chi connectivity index (χ4v) is 1.10. The first kappa shape index (κ1) is 12.3. The third kappa shape index (κ3) is 5.89. The first-order valence-corrected chi connectivity index (χ1v) is 5.07. The van der Waals surface area contributed by atoms with Gasteiger partial charge in [0.25, 0.3) is 0 Å². The third-order valence-corrected chi connectivity index (χ3v) is 1.69. The molecule has 3 nitrogen and oxygen atoms in total. The van der Waals surface area contributed by atoms with Crippen molar-refractivity contribution in [3.8, 4) is 0 Å². The van der Waals surface area contributed by atoms with Gasteiger partial charge in [0.1, 0.15) is 5.88 Å². The zero-order valence-electron chi connectivity index (χ0n) is 6.52. The molecular weight excluding hydrogens is 222 g/mol. The van der Waals surface area contributed by atoms with Crippen molar-refractivity contribution in [2.24, 2.45) is 0 Å². The maximum Gasteiger partial charge on any atom is 0.249 e. The van der Waals surface area contributed by atoms with Crippen LogP contribution in [0.1, 0.15) is 0 Å². The molecule has 0 bridgehead atoms. The molecule has 0 radical (unpaired) electrons. The number of carbonyl (C=O) groups excluding carboxylic acids is 1. The first-order chi connectivity index (χ1) is 5.74. The minimum Gasteiger partial charge on any atom is -0.288 e. The first-order valence-electron chi connectivity index (χ1n) is 3.47. The Bertz CT molecular complexity index is 128. The summed E-state index contributed by atoms with van der Waals surface area (Å²) >= 11 is 16.3. The van der Waals surface area contributed by atoms with E-state index in [4.69, 9.17) is 34.8 Å². The minimum absolute atomic E-state index is 0.0545. The number of nitrogens with one attached hydrogen (secondary N) is 1. The Balaban J connectivity index is 3.68. The van der Waals surface area contributed by atoms with E-state index in [1.807, 2.05) is 0 Å². The predicted molar refractivity (Wildman–Crippen MR) is 51.9 cm³/mol. The summed E-state index contributed by atoms with van der Waals surface area (Å²) in [4.78, 5) is 10.8. The molecule has 6 heteroatoms. The molecule has 0 aromatic heterocycles. The van der Waals surface area contributed by atoms with Gasteiger partial charge in [0.05, 0.1) is 0 Å². The number of nitrogens with zero attached hydrogens (tertiary/aromatic N) is 1. The summed E-state index contributed by atoms with van der Waals surface area (Å²) in [5.41, 5.74) is 2.56. The molecule has 0 spiro atoms. The van der Waals surface area contributed by atoms with Crippen LogP contribution in [0.25, 0.3) is 0 Å². The molecule has 0 unspecified atom stereocenters. The van der Waals surface area contributed by atoms with Crippen LogP contribution in [0.15, 0.2) is 0 Å². The molecule has 1 amide bonds. The molecule has 0 aliphatic heterocycles. The highest BCUT2D eigenvalue weighted by atomic mass is 35.5. The van der Waals surface area contributed by atoms with Crippen molar-refractivity contribution < 1.29 is 4.79 Å². The number of rotatable bonds is 6. The van der Waals surface area contributed by atoms with Crippen LogP contribution in [0.3, 0.4) is 0 Å². The van der Waals surface area contributed by atoms with Crippen molar-refractivity contribution >= 4 is 40.7 Å². The van der Waals surface area contributed by atoms with E-state index in [1.165, 1.54) is 0 Å². The second-order valence-corrected chi connectivity index (χ2v) is 3.06.